The highest BCUT2D eigenvalue weighted by molar-refractivity contribution is 5.81. The number of primary amides is 1. The molecule has 1 aromatic carbocycles. The van der Waals surface area contributed by atoms with Crippen molar-refractivity contribution < 1.29 is 9.90 Å². The van der Waals surface area contributed by atoms with E-state index in [0.29, 0.717) is 6.54 Å². The van der Waals surface area contributed by atoms with Gasteiger partial charge in [-0.25, -0.2) is 0 Å². The Balaban J connectivity index is 2.10. The van der Waals surface area contributed by atoms with E-state index in [-0.39, 0.29) is 12.5 Å². The maximum absolute atomic E-state index is 11.5. The fourth-order valence-corrected chi connectivity index (χ4v) is 2.55. The topological polar surface area (TPSA) is 66.6 Å². The summed E-state index contributed by atoms with van der Waals surface area (Å²) in [6, 6.07) is 7.88. The molecule has 0 radical (unpaired) electrons. The Kier molecular flexibility index (Phi) is 4.43. The average Bonchev–Trinajstić information content (AvgIpc) is 2.81. The number of rotatable bonds is 3. The highest BCUT2D eigenvalue weighted by Gasteiger charge is 2.38. The Labute approximate surface area is 119 Å². The Hall–Kier alpha value is -1.83. The first-order valence-electron chi connectivity index (χ1n) is 6.75. The number of benzene rings is 1. The van der Waals surface area contributed by atoms with E-state index < -0.39 is 5.41 Å². The minimum absolute atomic E-state index is 0.141. The van der Waals surface area contributed by atoms with Gasteiger partial charge in [0, 0.05) is 18.7 Å². The van der Waals surface area contributed by atoms with E-state index in [1.54, 1.807) is 0 Å². The van der Waals surface area contributed by atoms with Gasteiger partial charge in [-0.15, -0.1) is 0 Å². The van der Waals surface area contributed by atoms with Crippen molar-refractivity contribution >= 4 is 5.91 Å². The lowest BCUT2D eigenvalue weighted by molar-refractivity contribution is -0.126. The summed E-state index contributed by atoms with van der Waals surface area (Å²) in [6.07, 6.45) is 0.798. The number of nitrogens with two attached hydrogens (primary N) is 1. The van der Waals surface area contributed by atoms with Crippen molar-refractivity contribution in [2.24, 2.45) is 11.1 Å². The zero-order valence-corrected chi connectivity index (χ0v) is 11.7. The standard InChI is InChI=1S/C16H20N2O2/c1-16(15(17)20)8-9-18(12-16)11-14-6-3-2-5-13(14)7-4-10-19/h2-3,5-6,19H,8-12H2,1H3,(H2,17,20). The van der Waals surface area contributed by atoms with Crippen molar-refractivity contribution in [1.29, 1.82) is 0 Å². The molecule has 1 unspecified atom stereocenters. The van der Waals surface area contributed by atoms with Crippen LogP contribution in [0.15, 0.2) is 24.3 Å². The molecule has 106 valence electrons. The van der Waals surface area contributed by atoms with Crippen molar-refractivity contribution in [2.75, 3.05) is 19.7 Å². The lowest BCUT2D eigenvalue weighted by Crippen LogP contribution is -2.37. The first kappa shape index (κ1) is 14.6. The SMILES string of the molecule is CC1(C(N)=O)CCN(Cc2ccccc2C#CCO)C1. The number of aliphatic hydroxyl groups excluding tert-OH is 1. The molecule has 1 aliphatic heterocycles. The van der Waals surface area contributed by atoms with Crippen LogP contribution in [0.25, 0.3) is 0 Å². The molecule has 3 N–H and O–H groups in total. The molecule has 4 heteroatoms. The Morgan fingerprint density at radius 1 is 1.50 bits per heavy atom. The van der Waals surface area contributed by atoms with Gasteiger partial charge in [0.05, 0.1) is 5.41 Å². The molecule has 1 aromatic rings. The number of likely N-dealkylation sites (tertiary alicyclic amines) is 1. The summed E-state index contributed by atoms with van der Waals surface area (Å²) >= 11 is 0. The second kappa shape index (κ2) is 6.08. The second-order valence-electron chi connectivity index (χ2n) is 5.50. The number of amides is 1. The first-order chi connectivity index (χ1) is 9.55. The zero-order chi connectivity index (χ0) is 14.6. The van der Waals surface area contributed by atoms with E-state index in [4.69, 9.17) is 10.8 Å². The van der Waals surface area contributed by atoms with Gasteiger partial charge < -0.3 is 10.8 Å². The molecular formula is C16H20N2O2. The monoisotopic (exact) mass is 272 g/mol. The molecular weight excluding hydrogens is 252 g/mol. The van der Waals surface area contributed by atoms with Crippen LogP contribution in [-0.2, 0) is 11.3 Å². The zero-order valence-electron chi connectivity index (χ0n) is 11.7. The molecule has 1 fully saturated rings. The van der Waals surface area contributed by atoms with E-state index >= 15 is 0 Å². The quantitative estimate of drug-likeness (QED) is 0.797. The van der Waals surface area contributed by atoms with Gasteiger partial charge in [-0.2, -0.15) is 0 Å². The van der Waals surface area contributed by atoms with Gasteiger partial charge in [0.1, 0.15) is 6.61 Å². The van der Waals surface area contributed by atoms with E-state index in [9.17, 15) is 4.79 Å². The minimum atomic E-state index is -0.425. The molecule has 1 atom stereocenters. The summed E-state index contributed by atoms with van der Waals surface area (Å²) in [5.41, 5.74) is 7.08. The van der Waals surface area contributed by atoms with Crippen LogP contribution in [0.1, 0.15) is 24.5 Å². The van der Waals surface area contributed by atoms with E-state index in [1.165, 1.54) is 0 Å². The molecule has 1 aliphatic rings. The lowest BCUT2D eigenvalue weighted by atomic mass is 9.89. The molecule has 2 rings (SSSR count). The molecule has 4 nitrogen and oxygen atoms in total. The average molecular weight is 272 g/mol. The van der Waals surface area contributed by atoms with E-state index in [2.05, 4.69) is 16.7 Å². The summed E-state index contributed by atoms with van der Waals surface area (Å²) in [5, 5.41) is 8.80. The van der Waals surface area contributed by atoms with Gasteiger partial charge >= 0.3 is 0 Å². The normalized spacial score (nSPS) is 22.3. The molecule has 0 saturated carbocycles. The highest BCUT2D eigenvalue weighted by atomic mass is 16.2. The van der Waals surface area contributed by atoms with E-state index in [0.717, 1.165) is 30.6 Å². The number of carbonyl (C=O) groups is 1. The largest absolute Gasteiger partial charge is 0.384 e. The van der Waals surface area contributed by atoms with Crippen LogP contribution in [-0.4, -0.2) is 35.6 Å². The van der Waals surface area contributed by atoms with Gasteiger partial charge in [0.15, 0.2) is 0 Å². The van der Waals surface area contributed by atoms with Crippen molar-refractivity contribution in [2.45, 2.75) is 19.9 Å². The van der Waals surface area contributed by atoms with Crippen molar-refractivity contribution in [3.63, 3.8) is 0 Å². The Bertz CT molecular complexity index is 559. The van der Waals surface area contributed by atoms with E-state index in [1.807, 2.05) is 31.2 Å². The Morgan fingerprint density at radius 2 is 2.25 bits per heavy atom. The number of hydrogen-bond donors (Lipinski definition) is 2. The van der Waals surface area contributed by atoms with Gasteiger partial charge in [-0.1, -0.05) is 30.0 Å². The van der Waals surface area contributed by atoms with Crippen LogP contribution in [0.5, 0.6) is 0 Å². The second-order valence-corrected chi connectivity index (χ2v) is 5.50. The molecule has 20 heavy (non-hydrogen) atoms. The number of aliphatic hydroxyl groups is 1. The van der Waals surface area contributed by atoms with Crippen LogP contribution in [0, 0.1) is 17.3 Å². The van der Waals surface area contributed by atoms with Crippen molar-refractivity contribution in [3.05, 3.63) is 35.4 Å². The Morgan fingerprint density at radius 3 is 2.90 bits per heavy atom. The summed E-state index contributed by atoms with van der Waals surface area (Å²) in [7, 11) is 0. The summed E-state index contributed by atoms with van der Waals surface area (Å²) in [4.78, 5) is 13.7. The molecule has 0 bridgehead atoms. The summed E-state index contributed by atoms with van der Waals surface area (Å²) < 4.78 is 0. The minimum Gasteiger partial charge on any atom is -0.384 e. The van der Waals surface area contributed by atoms with Gasteiger partial charge in [0.2, 0.25) is 5.91 Å². The first-order valence-corrected chi connectivity index (χ1v) is 6.75. The smallest absolute Gasteiger partial charge is 0.224 e. The van der Waals surface area contributed by atoms with Crippen LogP contribution < -0.4 is 5.73 Å². The maximum atomic E-state index is 11.5. The molecule has 1 heterocycles. The fourth-order valence-electron chi connectivity index (χ4n) is 2.55. The summed E-state index contributed by atoms with van der Waals surface area (Å²) in [5.74, 6) is 5.41. The molecule has 1 amide bonds. The maximum Gasteiger partial charge on any atom is 0.224 e. The molecule has 0 aliphatic carbocycles. The highest BCUT2D eigenvalue weighted by Crippen LogP contribution is 2.30. The fraction of sp³-hybridized carbons (Fsp3) is 0.438. The van der Waals surface area contributed by atoms with Crippen LogP contribution >= 0.6 is 0 Å². The van der Waals surface area contributed by atoms with Crippen LogP contribution in [0.4, 0.5) is 0 Å². The molecule has 1 saturated heterocycles. The van der Waals surface area contributed by atoms with Crippen LogP contribution in [0.2, 0.25) is 0 Å². The lowest BCUT2D eigenvalue weighted by Gasteiger charge is -2.21. The predicted octanol–water partition coefficient (Wildman–Crippen LogP) is 0.728. The van der Waals surface area contributed by atoms with Gasteiger partial charge in [-0.05, 0) is 31.5 Å². The van der Waals surface area contributed by atoms with Gasteiger partial charge in [-0.3, -0.25) is 9.69 Å². The van der Waals surface area contributed by atoms with Crippen LogP contribution in [0.3, 0.4) is 0 Å². The third-order valence-electron chi connectivity index (χ3n) is 3.86. The summed E-state index contributed by atoms with van der Waals surface area (Å²) in [6.45, 7) is 4.08. The molecule has 0 aromatic heterocycles. The van der Waals surface area contributed by atoms with Crippen molar-refractivity contribution in [1.82, 2.24) is 4.90 Å². The number of hydrogen-bond acceptors (Lipinski definition) is 3. The predicted molar refractivity (Wildman–Crippen MR) is 77.6 cm³/mol. The third kappa shape index (κ3) is 3.19. The number of nitrogens with zero attached hydrogens (tertiary/aromatic N) is 1. The van der Waals surface area contributed by atoms with Gasteiger partial charge in [0.25, 0.3) is 0 Å². The number of carbonyl (C=O) groups excluding carboxylic acids is 1. The van der Waals surface area contributed by atoms with Crippen molar-refractivity contribution in [3.8, 4) is 11.8 Å². The third-order valence-corrected chi connectivity index (χ3v) is 3.86. The molecule has 0 spiro atoms.